The molecule has 2 aromatic rings. The first-order valence-electron chi connectivity index (χ1n) is 8.02. The molecule has 0 saturated carbocycles. The van der Waals surface area contributed by atoms with Gasteiger partial charge in [-0.2, -0.15) is 0 Å². The van der Waals surface area contributed by atoms with E-state index in [1.165, 1.54) is 0 Å². The fourth-order valence-corrected chi connectivity index (χ4v) is 2.98. The van der Waals surface area contributed by atoms with Gasteiger partial charge in [-0.1, -0.05) is 29.8 Å². The van der Waals surface area contributed by atoms with Crippen molar-refractivity contribution in [2.24, 2.45) is 0 Å². The van der Waals surface area contributed by atoms with E-state index in [9.17, 15) is 9.59 Å². The Morgan fingerprint density at radius 1 is 1.24 bits per heavy atom. The smallest absolute Gasteiger partial charge is 0.344 e. The second-order valence-corrected chi connectivity index (χ2v) is 6.22. The van der Waals surface area contributed by atoms with E-state index in [0.717, 1.165) is 16.8 Å². The average molecular weight is 360 g/mol. The van der Waals surface area contributed by atoms with Gasteiger partial charge in [-0.05, 0) is 43.2 Å². The minimum Gasteiger partial charge on any atom is -0.482 e. The topological polar surface area (TPSA) is 64.6 Å². The number of benzene rings is 2. The van der Waals surface area contributed by atoms with Gasteiger partial charge < -0.3 is 14.8 Å². The van der Waals surface area contributed by atoms with Crippen molar-refractivity contribution in [2.75, 3.05) is 11.9 Å². The summed E-state index contributed by atoms with van der Waals surface area (Å²) in [6.07, 6.45) is 0.656. The van der Waals surface area contributed by atoms with E-state index in [4.69, 9.17) is 21.1 Å². The molecular weight excluding hydrogens is 342 g/mol. The molecule has 130 valence electrons. The Hall–Kier alpha value is -2.53. The van der Waals surface area contributed by atoms with Crippen LogP contribution in [0.1, 0.15) is 30.6 Å². The molecule has 3 rings (SSSR count). The molecule has 6 heteroatoms. The second kappa shape index (κ2) is 7.57. The van der Waals surface area contributed by atoms with Crippen molar-refractivity contribution in [1.29, 1.82) is 0 Å². The molecule has 0 spiro atoms. The molecule has 0 radical (unpaired) electrons. The number of anilines is 1. The molecule has 1 aliphatic rings. The van der Waals surface area contributed by atoms with Crippen molar-refractivity contribution in [1.82, 2.24) is 0 Å². The molecule has 0 aliphatic carbocycles. The number of aryl methyl sites for hydroxylation is 1. The van der Waals surface area contributed by atoms with Gasteiger partial charge in [0.2, 0.25) is 5.91 Å². The van der Waals surface area contributed by atoms with E-state index < -0.39 is 12.1 Å². The molecule has 1 amide bonds. The summed E-state index contributed by atoms with van der Waals surface area (Å²) in [5.74, 6) is 0.106. The maximum Gasteiger partial charge on any atom is 0.344 e. The summed E-state index contributed by atoms with van der Waals surface area (Å²) in [5, 5.41) is 3.36. The van der Waals surface area contributed by atoms with Gasteiger partial charge >= 0.3 is 5.97 Å². The van der Waals surface area contributed by atoms with Crippen LogP contribution < -0.4 is 10.1 Å². The highest BCUT2D eigenvalue weighted by atomic mass is 35.5. The van der Waals surface area contributed by atoms with Crippen molar-refractivity contribution in [2.45, 2.75) is 25.9 Å². The predicted octanol–water partition coefficient (Wildman–Crippen LogP) is 3.91. The summed E-state index contributed by atoms with van der Waals surface area (Å²) >= 11 is 6.10. The number of nitrogens with one attached hydrogen (secondary N) is 1. The minimum atomic E-state index is -0.474. The van der Waals surface area contributed by atoms with Gasteiger partial charge in [0, 0.05) is 22.7 Å². The van der Waals surface area contributed by atoms with Crippen LogP contribution in [0.15, 0.2) is 42.5 Å². The van der Waals surface area contributed by atoms with E-state index in [-0.39, 0.29) is 12.5 Å². The maximum absolute atomic E-state index is 12.0. The van der Waals surface area contributed by atoms with Crippen LogP contribution >= 0.6 is 11.6 Å². The van der Waals surface area contributed by atoms with Crippen LogP contribution in [0, 0.1) is 0 Å². The van der Waals surface area contributed by atoms with Gasteiger partial charge in [0.1, 0.15) is 11.9 Å². The normalized spacial score (nSPS) is 14.2. The molecule has 5 nitrogen and oxygen atoms in total. The number of hydrogen-bond donors (Lipinski definition) is 1. The number of halogens is 1. The van der Waals surface area contributed by atoms with Crippen molar-refractivity contribution >= 4 is 29.2 Å². The predicted molar refractivity (Wildman–Crippen MR) is 94.8 cm³/mol. The van der Waals surface area contributed by atoms with Gasteiger partial charge in [0.15, 0.2) is 6.61 Å². The fraction of sp³-hybridized carbons (Fsp3) is 0.263. The van der Waals surface area contributed by atoms with E-state index in [1.54, 1.807) is 25.1 Å². The lowest BCUT2D eigenvalue weighted by Gasteiger charge is -2.18. The van der Waals surface area contributed by atoms with Gasteiger partial charge in [0.05, 0.1) is 0 Å². The Labute approximate surface area is 150 Å². The number of carbonyl (C=O) groups excluding carboxylic acids is 2. The number of esters is 1. The Morgan fingerprint density at radius 2 is 2.04 bits per heavy atom. The first-order valence-corrected chi connectivity index (χ1v) is 8.40. The molecule has 0 fully saturated rings. The molecule has 0 bridgehead atoms. The van der Waals surface area contributed by atoms with Crippen LogP contribution in [-0.4, -0.2) is 18.5 Å². The quantitative estimate of drug-likeness (QED) is 0.822. The zero-order valence-corrected chi connectivity index (χ0v) is 14.5. The number of rotatable bonds is 5. The summed E-state index contributed by atoms with van der Waals surface area (Å²) in [5.41, 5.74) is 2.54. The van der Waals surface area contributed by atoms with E-state index in [0.29, 0.717) is 23.6 Å². The molecule has 1 N–H and O–H groups in total. The Kier molecular flexibility index (Phi) is 5.24. The molecule has 1 atom stereocenters. The molecule has 0 aromatic heterocycles. The lowest BCUT2D eigenvalue weighted by molar-refractivity contribution is -0.151. The third-order valence-corrected chi connectivity index (χ3v) is 4.32. The standard InChI is InChI=1S/C19H18ClNO4/c1-12(15-4-2-3-5-16(15)20)25-19(23)11-24-14-7-8-17-13(10-14)6-9-18(22)21-17/h2-5,7-8,10,12H,6,9,11H2,1H3,(H,21,22)/t12-/m0/s1. The van der Waals surface area contributed by atoms with Gasteiger partial charge in [-0.25, -0.2) is 4.79 Å². The summed E-state index contributed by atoms with van der Waals surface area (Å²) in [6.45, 7) is 1.57. The molecular formula is C19H18ClNO4. The summed E-state index contributed by atoms with van der Waals surface area (Å²) < 4.78 is 10.9. The van der Waals surface area contributed by atoms with Gasteiger partial charge in [-0.15, -0.1) is 0 Å². The fourth-order valence-electron chi connectivity index (χ4n) is 2.69. The van der Waals surface area contributed by atoms with Crippen LogP contribution in [0.3, 0.4) is 0 Å². The molecule has 25 heavy (non-hydrogen) atoms. The van der Waals surface area contributed by atoms with Crippen molar-refractivity contribution in [3.8, 4) is 5.75 Å². The maximum atomic E-state index is 12.0. The number of carbonyl (C=O) groups is 2. The Bertz CT molecular complexity index is 806. The van der Waals surface area contributed by atoms with Gasteiger partial charge in [-0.3, -0.25) is 4.79 Å². The highest BCUT2D eigenvalue weighted by Crippen LogP contribution is 2.27. The van der Waals surface area contributed by atoms with Crippen LogP contribution in [0.5, 0.6) is 5.75 Å². The second-order valence-electron chi connectivity index (χ2n) is 5.81. The SMILES string of the molecule is C[C@H](OC(=O)COc1ccc2c(c1)CCC(=O)N2)c1ccccc1Cl. The first-order chi connectivity index (χ1) is 12.0. The van der Waals surface area contributed by atoms with Crippen LogP contribution in [0.2, 0.25) is 5.02 Å². The lowest BCUT2D eigenvalue weighted by atomic mass is 10.0. The zero-order chi connectivity index (χ0) is 17.8. The van der Waals surface area contributed by atoms with E-state index >= 15 is 0 Å². The van der Waals surface area contributed by atoms with Crippen molar-refractivity contribution in [3.05, 3.63) is 58.6 Å². The lowest BCUT2D eigenvalue weighted by Crippen LogP contribution is -2.19. The number of hydrogen-bond acceptors (Lipinski definition) is 4. The van der Waals surface area contributed by atoms with E-state index in [2.05, 4.69) is 5.32 Å². The average Bonchev–Trinajstić information content (AvgIpc) is 2.60. The summed E-state index contributed by atoms with van der Waals surface area (Å²) in [4.78, 5) is 23.4. The summed E-state index contributed by atoms with van der Waals surface area (Å²) in [6, 6.07) is 12.6. The minimum absolute atomic E-state index is 0.0123. The highest BCUT2D eigenvalue weighted by Gasteiger charge is 2.17. The van der Waals surface area contributed by atoms with Crippen LogP contribution in [0.4, 0.5) is 5.69 Å². The Balaban J connectivity index is 1.56. The van der Waals surface area contributed by atoms with Crippen LogP contribution in [-0.2, 0) is 20.7 Å². The zero-order valence-electron chi connectivity index (χ0n) is 13.8. The monoisotopic (exact) mass is 359 g/mol. The number of fused-ring (bicyclic) bond motifs is 1. The molecule has 2 aromatic carbocycles. The number of ether oxygens (including phenoxy) is 2. The van der Waals surface area contributed by atoms with Crippen molar-refractivity contribution in [3.63, 3.8) is 0 Å². The summed E-state index contributed by atoms with van der Waals surface area (Å²) in [7, 11) is 0. The third-order valence-electron chi connectivity index (χ3n) is 3.98. The third kappa shape index (κ3) is 4.31. The Morgan fingerprint density at radius 3 is 2.84 bits per heavy atom. The molecule has 0 saturated heterocycles. The first kappa shape index (κ1) is 17.3. The number of amides is 1. The van der Waals surface area contributed by atoms with Crippen molar-refractivity contribution < 1.29 is 19.1 Å². The largest absolute Gasteiger partial charge is 0.482 e. The van der Waals surface area contributed by atoms with Crippen LogP contribution in [0.25, 0.3) is 0 Å². The highest BCUT2D eigenvalue weighted by molar-refractivity contribution is 6.31. The molecule has 1 heterocycles. The molecule has 1 aliphatic heterocycles. The van der Waals surface area contributed by atoms with Gasteiger partial charge in [0.25, 0.3) is 0 Å². The molecule has 0 unspecified atom stereocenters. The van der Waals surface area contributed by atoms with E-state index in [1.807, 2.05) is 24.3 Å².